The van der Waals surface area contributed by atoms with E-state index in [-0.39, 0.29) is 12.4 Å². The van der Waals surface area contributed by atoms with Gasteiger partial charge >= 0.3 is 0 Å². The second-order valence-corrected chi connectivity index (χ2v) is 6.27. The fraction of sp³-hybridized carbons (Fsp3) is 0.706. The molecule has 1 unspecified atom stereocenters. The molecule has 0 aromatic carbocycles. The minimum Gasteiger partial charge on any atom is -0.503 e. The molecule has 0 aliphatic carbocycles. The van der Waals surface area contributed by atoms with Gasteiger partial charge in [0, 0.05) is 30.9 Å². The van der Waals surface area contributed by atoms with Crippen LogP contribution in [0.15, 0.2) is 10.9 Å². The molecular formula is C17H28N2O3. The monoisotopic (exact) mass is 308 g/mol. The summed E-state index contributed by atoms with van der Waals surface area (Å²) in [4.78, 5) is 14.3. The maximum Gasteiger partial charge on any atom is 0.223 e. The van der Waals surface area contributed by atoms with Crippen LogP contribution in [0.1, 0.15) is 57.3 Å². The molecule has 0 saturated carbocycles. The molecule has 124 valence electrons. The Kier molecular flexibility index (Phi) is 6.03. The lowest BCUT2D eigenvalue weighted by molar-refractivity contribution is 0.146. The zero-order chi connectivity index (χ0) is 16.1. The van der Waals surface area contributed by atoms with Crippen molar-refractivity contribution in [2.45, 2.75) is 71.7 Å². The number of aliphatic hydroxyl groups excluding tert-OH is 1. The zero-order valence-corrected chi connectivity index (χ0v) is 13.7. The number of aliphatic hydroxyl groups is 1. The van der Waals surface area contributed by atoms with Crippen LogP contribution < -0.4 is 5.43 Å². The summed E-state index contributed by atoms with van der Waals surface area (Å²) < 4.78 is 1.93. The van der Waals surface area contributed by atoms with Crippen molar-refractivity contribution in [2.75, 3.05) is 6.54 Å². The minimum atomic E-state index is -0.392. The van der Waals surface area contributed by atoms with Crippen LogP contribution in [0.5, 0.6) is 5.75 Å². The van der Waals surface area contributed by atoms with Crippen LogP contribution in [0.25, 0.3) is 0 Å². The average Bonchev–Trinajstić information content (AvgIpc) is 2.52. The van der Waals surface area contributed by atoms with Crippen molar-refractivity contribution in [3.05, 3.63) is 27.7 Å². The number of likely N-dealkylation sites (tertiary alicyclic amines) is 1. The van der Waals surface area contributed by atoms with Gasteiger partial charge in [-0.2, -0.15) is 0 Å². The molecule has 1 aromatic heterocycles. The summed E-state index contributed by atoms with van der Waals surface area (Å²) >= 11 is 0. The molecule has 5 nitrogen and oxygen atoms in total. The van der Waals surface area contributed by atoms with Crippen molar-refractivity contribution in [1.29, 1.82) is 0 Å². The number of aromatic nitrogens is 1. The van der Waals surface area contributed by atoms with Gasteiger partial charge in [-0.25, -0.2) is 0 Å². The fourth-order valence-corrected chi connectivity index (χ4v) is 3.21. The predicted octanol–water partition coefficient (Wildman–Crippen LogP) is 2.22. The highest BCUT2D eigenvalue weighted by Gasteiger charge is 2.22. The Morgan fingerprint density at radius 3 is 2.77 bits per heavy atom. The maximum atomic E-state index is 12.0. The van der Waals surface area contributed by atoms with Gasteiger partial charge in [-0.3, -0.25) is 9.69 Å². The van der Waals surface area contributed by atoms with E-state index in [4.69, 9.17) is 0 Å². The van der Waals surface area contributed by atoms with Crippen molar-refractivity contribution in [3.63, 3.8) is 0 Å². The van der Waals surface area contributed by atoms with Crippen molar-refractivity contribution < 1.29 is 10.2 Å². The van der Waals surface area contributed by atoms with E-state index in [1.165, 1.54) is 12.5 Å². The van der Waals surface area contributed by atoms with Gasteiger partial charge in [0.1, 0.15) is 0 Å². The molecular weight excluding hydrogens is 280 g/mol. The Labute approximate surface area is 132 Å². The number of piperidine rings is 1. The Morgan fingerprint density at radius 2 is 2.14 bits per heavy atom. The minimum absolute atomic E-state index is 0.161. The third kappa shape index (κ3) is 3.70. The number of aromatic hydroxyl groups is 1. The Balaban J connectivity index is 2.37. The van der Waals surface area contributed by atoms with Crippen LogP contribution in [-0.4, -0.2) is 32.3 Å². The Bertz CT molecular complexity index is 554. The second-order valence-electron chi connectivity index (χ2n) is 6.27. The molecule has 1 aliphatic heterocycles. The number of hydrogen-bond donors (Lipinski definition) is 2. The highest BCUT2D eigenvalue weighted by molar-refractivity contribution is 5.30. The van der Waals surface area contributed by atoms with E-state index in [9.17, 15) is 15.0 Å². The molecule has 1 aromatic rings. The van der Waals surface area contributed by atoms with Gasteiger partial charge in [-0.1, -0.05) is 19.8 Å². The molecule has 0 amide bonds. The third-order valence-electron chi connectivity index (χ3n) is 4.67. The summed E-state index contributed by atoms with van der Waals surface area (Å²) in [5.74, 6) is -0.161. The summed E-state index contributed by atoms with van der Waals surface area (Å²) in [5, 5.41) is 19.8. The van der Waals surface area contributed by atoms with Gasteiger partial charge in [0.2, 0.25) is 5.43 Å². The Hall–Kier alpha value is -1.33. The van der Waals surface area contributed by atoms with E-state index in [1.807, 2.05) is 4.57 Å². The van der Waals surface area contributed by atoms with Gasteiger partial charge in [0.25, 0.3) is 0 Å². The van der Waals surface area contributed by atoms with E-state index in [2.05, 4.69) is 18.7 Å². The topological polar surface area (TPSA) is 65.7 Å². The first-order valence-electron chi connectivity index (χ1n) is 8.38. The number of hydrogen-bond acceptors (Lipinski definition) is 4. The standard InChI is InChI=1S/C17H28N2O3/c1-3-4-9-19-14(12-20)10-16(21)17(22)15(19)11-18-8-6-5-7-13(18)2/h10,13,20,22H,3-9,11-12H2,1-2H3. The van der Waals surface area contributed by atoms with E-state index in [0.717, 1.165) is 38.8 Å². The number of unbranched alkanes of at least 4 members (excludes halogenated alkanes) is 1. The molecule has 5 heteroatoms. The maximum absolute atomic E-state index is 12.0. The van der Waals surface area contributed by atoms with Crippen molar-refractivity contribution in [2.24, 2.45) is 0 Å². The van der Waals surface area contributed by atoms with Gasteiger partial charge in [-0.05, 0) is 32.7 Å². The largest absolute Gasteiger partial charge is 0.503 e. The summed E-state index contributed by atoms with van der Waals surface area (Å²) in [7, 11) is 0. The molecule has 0 bridgehead atoms. The Morgan fingerprint density at radius 1 is 1.36 bits per heavy atom. The number of rotatable bonds is 6. The third-order valence-corrected chi connectivity index (χ3v) is 4.67. The van der Waals surface area contributed by atoms with Crippen molar-refractivity contribution >= 4 is 0 Å². The van der Waals surface area contributed by atoms with Crippen LogP contribution in [0.4, 0.5) is 0 Å². The van der Waals surface area contributed by atoms with Gasteiger partial charge < -0.3 is 14.8 Å². The smallest absolute Gasteiger partial charge is 0.223 e. The highest BCUT2D eigenvalue weighted by Crippen LogP contribution is 2.23. The fourth-order valence-electron chi connectivity index (χ4n) is 3.21. The molecule has 0 spiro atoms. The summed E-state index contributed by atoms with van der Waals surface area (Å²) in [5.41, 5.74) is 0.853. The van der Waals surface area contributed by atoms with E-state index < -0.39 is 5.43 Å². The van der Waals surface area contributed by atoms with Crippen LogP contribution in [-0.2, 0) is 19.7 Å². The lowest BCUT2D eigenvalue weighted by atomic mass is 10.0. The van der Waals surface area contributed by atoms with Crippen LogP contribution >= 0.6 is 0 Å². The average molecular weight is 308 g/mol. The molecule has 1 saturated heterocycles. The lowest BCUT2D eigenvalue weighted by Gasteiger charge is -2.34. The summed E-state index contributed by atoms with van der Waals surface area (Å²) in [6, 6.07) is 1.81. The quantitative estimate of drug-likeness (QED) is 0.846. The normalized spacial score (nSPS) is 19.5. The predicted molar refractivity (Wildman–Crippen MR) is 86.9 cm³/mol. The first-order valence-corrected chi connectivity index (χ1v) is 8.38. The van der Waals surface area contributed by atoms with Crippen LogP contribution in [0, 0.1) is 0 Å². The summed E-state index contributed by atoms with van der Waals surface area (Å²) in [6.45, 7) is 6.40. The van der Waals surface area contributed by atoms with Gasteiger partial charge in [0.15, 0.2) is 5.75 Å². The molecule has 1 fully saturated rings. The molecule has 0 radical (unpaired) electrons. The lowest BCUT2D eigenvalue weighted by Crippen LogP contribution is -2.38. The summed E-state index contributed by atoms with van der Waals surface area (Å²) in [6.07, 6.45) is 5.53. The molecule has 2 heterocycles. The van der Waals surface area contributed by atoms with Crippen molar-refractivity contribution in [1.82, 2.24) is 9.47 Å². The van der Waals surface area contributed by atoms with Crippen LogP contribution in [0.2, 0.25) is 0 Å². The highest BCUT2D eigenvalue weighted by atomic mass is 16.3. The molecule has 1 aliphatic rings. The number of pyridine rings is 1. The number of nitrogens with zero attached hydrogens (tertiary/aromatic N) is 2. The molecule has 2 N–H and O–H groups in total. The van der Waals surface area contributed by atoms with Crippen molar-refractivity contribution in [3.8, 4) is 5.75 Å². The van der Waals surface area contributed by atoms with Gasteiger partial charge in [0.05, 0.1) is 12.3 Å². The van der Waals surface area contributed by atoms with E-state index in [0.29, 0.717) is 24.0 Å². The first kappa shape index (κ1) is 17.0. The van der Waals surface area contributed by atoms with E-state index >= 15 is 0 Å². The SMILES string of the molecule is CCCCn1c(CO)cc(=O)c(O)c1CN1CCCCC1C. The first-order chi connectivity index (χ1) is 10.6. The van der Waals surface area contributed by atoms with Crippen LogP contribution in [0.3, 0.4) is 0 Å². The molecule has 1 atom stereocenters. The molecule has 2 rings (SSSR count). The second kappa shape index (κ2) is 7.79. The van der Waals surface area contributed by atoms with E-state index in [1.54, 1.807) is 0 Å². The van der Waals surface area contributed by atoms with Gasteiger partial charge in [-0.15, -0.1) is 0 Å². The molecule has 22 heavy (non-hydrogen) atoms. The zero-order valence-electron chi connectivity index (χ0n) is 13.7.